The Morgan fingerprint density at radius 2 is 2.09 bits per heavy atom. The van der Waals surface area contributed by atoms with Crippen molar-refractivity contribution in [2.24, 2.45) is 0 Å². The molecule has 0 aliphatic carbocycles. The fourth-order valence-corrected chi connectivity index (χ4v) is 2.20. The number of nitrogens with zero attached hydrogens (tertiary/aromatic N) is 3. The molecule has 0 bridgehead atoms. The van der Waals surface area contributed by atoms with Gasteiger partial charge in [-0.15, -0.1) is 10.2 Å². The highest BCUT2D eigenvalue weighted by atomic mass is 16.3. The summed E-state index contributed by atoms with van der Waals surface area (Å²) in [6, 6.07) is 12.8. The lowest BCUT2D eigenvalue weighted by Gasteiger charge is -2.12. The number of para-hydroxylation sites is 1. The Morgan fingerprint density at radius 1 is 1.26 bits per heavy atom. The number of amides is 2. The molecule has 7 heteroatoms. The van der Waals surface area contributed by atoms with Crippen molar-refractivity contribution in [3.63, 3.8) is 0 Å². The SMILES string of the molecule is CC(NC(=O)NCc1nncn1-c1ccccc1)c1ccco1. The molecule has 3 rings (SSSR count). The van der Waals surface area contributed by atoms with E-state index in [1.165, 1.54) is 0 Å². The second-order valence-electron chi connectivity index (χ2n) is 5.02. The number of urea groups is 1. The topological polar surface area (TPSA) is 85.0 Å². The van der Waals surface area contributed by atoms with Crippen molar-refractivity contribution >= 4 is 6.03 Å². The van der Waals surface area contributed by atoms with Crippen LogP contribution in [0.5, 0.6) is 0 Å². The summed E-state index contributed by atoms with van der Waals surface area (Å²) in [5, 5.41) is 13.5. The third-order valence-electron chi connectivity index (χ3n) is 3.38. The predicted molar refractivity (Wildman–Crippen MR) is 83.9 cm³/mol. The highest BCUT2D eigenvalue weighted by molar-refractivity contribution is 5.74. The van der Waals surface area contributed by atoms with Crippen LogP contribution in [0.15, 0.2) is 59.5 Å². The molecule has 2 heterocycles. The quantitative estimate of drug-likeness (QED) is 0.758. The van der Waals surface area contributed by atoms with E-state index in [0.29, 0.717) is 11.6 Å². The molecule has 0 saturated heterocycles. The zero-order valence-corrected chi connectivity index (χ0v) is 12.6. The van der Waals surface area contributed by atoms with Gasteiger partial charge in [0.25, 0.3) is 0 Å². The van der Waals surface area contributed by atoms with Crippen LogP contribution in [0.25, 0.3) is 5.69 Å². The number of aromatic nitrogens is 3. The third kappa shape index (κ3) is 3.57. The highest BCUT2D eigenvalue weighted by Crippen LogP contribution is 2.12. The number of nitrogens with one attached hydrogen (secondary N) is 2. The Kier molecular flexibility index (Phi) is 4.37. The fourth-order valence-electron chi connectivity index (χ4n) is 2.20. The van der Waals surface area contributed by atoms with Crippen molar-refractivity contribution in [1.29, 1.82) is 0 Å². The van der Waals surface area contributed by atoms with E-state index in [1.54, 1.807) is 18.7 Å². The van der Waals surface area contributed by atoms with E-state index < -0.39 is 0 Å². The Balaban J connectivity index is 1.59. The standard InChI is InChI=1S/C16H17N5O2/c1-12(14-8-5-9-23-14)19-16(22)17-10-15-20-18-11-21(15)13-6-3-2-4-7-13/h2-9,11-12H,10H2,1H3,(H2,17,19,22). The van der Waals surface area contributed by atoms with Crippen molar-refractivity contribution in [2.45, 2.75) is 19.5 Å². The van der Waals surface area contributed by atoms with Crippen molar-refractivity contribution in [1.82, 2.24) is 25.4 Å². The number of benzene rings is 1. The summed E-state index contributed by atoms with van der Waals surface area (Å²) in [5.41, 5.74) is 0.943. The maximum atomic E-state index is 12.0. The van der Waals surface area contributed by atoms with Gasteiger partial charge >= 0.3 is 6.03 Å². The number of hydrogen-bond acceptors (Lipinski definition) is 4. The van der Waals surface area contributed by atoms with Crippen LogP contribution in [0.4, 0.5) is 4.79 Å². The highest BCUT2D eigenvalue weighted by Gasteiger charge is 2.12. The first kappa shape index (κ1) is 14.8. The van der Waals surface area contributed by atoms with E-state index in [4.69, 9.17) is 4.42 Å². The minimum atomic E-state index is -0.295. The van der Waals surface area contributed by atoms with Gasteiger partial charge in [-0.05, 0) is 31.2 Å². The summed E-state index contributed by atoms with van der Waals surface area (Å²) in [5.74, 6) is 1.35. The molecule has 0 fully saturated rings. The minimum Gasteiger partial charge on any atom is -0.467 e. The average molecular weight is 311 g/mol. The lowest BCUT2D eigenvalue weighted by atomic mass is 10.2. The lowest BCUT2D eigenvalue weighted by Crippen LogP contribution is -2.37. The number of furan rings is 1. The number of carbonyl (C=O) groups excluding carboxylic acids is 1. The van der Waals surface area contributed by atoms with Gasteiger partial charge < -0.3 is 15.1 Å². The first-order valence-corrected chi connectivity index (χ1v) is 7.26. The van der Waals surface area contributed by atoms with Gasteiger partial charge in [0.15, 0.2) is 5.82 Å². The predicted octanol–water partition coefficient (Wildman–Crippen LogP) is 2.42. The molecule has 2 aromatic heterocycles. The van der Waals surface area contributed by atoms with E-state index in [-0.39, 0.29) is 18.6 Å². The molecular formula is C16H17N5O2. The Morgan fingerprint density at radius 3 is 2.83 bits per heavy atom. The van der Waals surface area contributed by atoms with E-state index in [1.807, 2.05) is 47.9 Å². The molecule has 118 valence electrons. The van der Waals surface area contributed by atoms with Crippen molar-refractivity contribution in [3.05, 3.63) is 66.6 Å². The molecule has 2 amide bonds. The van der Waals surface area contributed by atoms with Gasteiger partial charge in [0.2, 0.25) is 0 Å². The van der Waals surface area contributed by atoms with Crippen LogP contribution in [-0.4, -0.2) is 20.8 Å². The lowest BCUT2D eigenvalue weighted by molar-refractivity contribution is 0.235. The third-order valence-corrected chi connectivity index (χ3v) is 3.38. The van der Waals surface area contributed by atoms with Crippen molar-refractivity contribution in [2.75, 3.05) is 0 Å². The fraction of sp³-hybridized carbons (Fsp3) is 0.188. The second kappa shape index (κ2) is 6.78. The maximum Gasteiger partial charge on any atom is 0.315 e. The zero-order chi connectivity index (χ0) is 16.1. The average Bonchev–Trinajstić information content (AvgIpc) is 3.25. The first-order chi connectivity index (χ1) is 11.2. The second-order valence-corrected chi connectivity index (χ2v) is 5.02. The number of rotatable bonds is 5. The summed E-state index contributed by atoms with van der Waals surface area (Å²) < 4.78 is 7.08. The van der Waals surface area contributed by atoms with Crippen LogP contribution in [-0.2, 0) is 6.54 Å². The summed E-state index contributed by atoms with van der Waals surface area (Å²) in [6.07, 6.45) is 3.20. The van der Waals surface area contributed by atoms with Crippen LogP contribution in [0.2, 0.25) is 0 Å². The summed E-state index contributed by atoms with van der Waals surface area (Å²) >= 11 is 0. The van der Waals surface area contributed by atoms with Gasteiger partial charge in [0, 0.05) is 5.69 Å². The molecule has 0 spiro atoms. The smallest absolute Gasteiger partial charge is 0.315 e. The van der Waals surface area contributed by atoms with Crippen molar-refractivity contribution < 1.29 is 9.21 Å². The van der Waals surface area contributed by atoms with Gasteiger partial charge in [-0.1, -0.05) is 18.2 Å². The maximum absolute atomic E-state index is 12.0. The zero-order valence-electron chi connectivity index (χ0n) is 12.6. The molecule has 0 aliphatic heterocycles. The molecular weight excluding hydrogens is 294 g/mol. The normalized spacial score (nSPS) is 11.9. The van der Waals surface area contributed by atoms with Crippen LogP contribution in [0.3, 0.4) is 0 Å². The van der Waals surface area contributed by atoms with Gasteiger partial charge in [-0.2, -0.15) is 0 Å². The minimum absolute atomic E-state index is 0.211. The van der Waals surface area contributed by atoms with Crippen LogP contribution >= 0.6 is 0 Å². The molecule has 1 aromatic carbocycles. The van der Waals surface area contributed by atoms with E-state index in [9.17, 15) is 4.79 Å². The summed E-state index contributed by atoms with van der Waals surface area (Å²) in [4.78, 5) is 12.0. The van der Waals surface area contributed by atoms with Crippen LogP contribution in [0.1, 0.15) is 24.6 Å². The molecule has 1 unspecified atom stereocenters. The van der Waals surface area contributed by atoms with Gasteiger partial charge in [-0.3, -0.25) is 4.57 Å². The van der Waals surface area contributed by atoms with E-state index in [0.717, 1.165) is 5.69 Å². The molecule has 0 saturated carbocycles. The number of hydrogen-bond donors (Lipinski definition) is 2. The number of carbonyl (C=O) groups is 1. The van der Waals surface area contributed by atoms with Crippen LogP contribution in [0, 0.1) is 0 Å². The molecule has 1 atom stereocenters. The van der Waals surface area contributed by atoms with Crippen molar-refractivity contribution in [3.8, 4) is 5.69 Å². The van der Waals surface area contributed by atoms with Gasteiger partial charge in [0.1, 0.15) is 12.1 Å². The summed E-state index contributed by atoms with van der Waals surface area (Å²) in [7, 11) is 0. The van der Waals surface area contributed by atoms with Crippen LogP contribution < -0.4 is 10.6 Å². The Bertz CT molecular complexity index is 752. The Labute approximate surface area is 133 Å². The monoisotopic (exact) mass is 311 g/mol. The molecule has 2 N–H and O–H groups in total. The first-order valence-electron chi connectivity index (χ1n) is 7.26. The molecule has 0 aliphatic rings. The van der Waals surface area contributed by atoms with E-state index >= 15 is 0 Å². The molecule has 23 heavy (non-hydrogen) atoms. The molecule has 3 aromatic rings. The Hall–Kier alpha value is -3.09. The van der Waals surface area contributed by atoms with Gasteiger partial charge in [0.05, 0.1) is 18.8 Å². The molecule has 0 radical (unpaired) electrons. The molecule has 7 nitrogen and oxygen atoms in total. The van der Waals surface area contributed by atoms with E-state index in [2.05, 4.69) is 20.8 Å². The largest absolute Gasteiger partial charge is 0.467 e. The van der Waals surface area contributed by atoms with Gasteiger partial charge in [-0.25, -0.2) is 4.79 Å². The summed E-state index contributed by atoms with van der Waals surface area (Å²) in [6.45, 7) is 2.12.